The number of aryl methyl sites for hydroxylation is 2. The number of nitro groups is 1. The van der Waals surface area contributed by atoms with E-state index in [0.29, 0.717) is 5.01 Å². The number of rotatable bonds is 3. The van der Waals surface area contributed by atoms with E-state index in [2.05, 4.69) is 4.98 Å². The molecule has 0 amide bonds. The number of nitrogens with zero attached hydrogens (tertiary/aromatic N) is 2. The van der Waals surface area contributed by atoms with E-state index < -0.39 is 11.0 Å². The van der Waals surface area contributed by atoms with Crippen molar-refractivity contribution in [3.05, 3.63) is 44.4 Å². The summed E-state index contributed by atoms with van der Waals surface area (Å²) in [7, 11) is 0. The Hall–Kier alpha value is -1.79. The molecule has 1 heterocycles. The van der Waals surface area contributed by atoms with Gasteiger partial charge in [-0.1, -0.05) is 6.07 Å². The zero-order valence-electron chi connectivity index (χ0n) is 10.9. The number of hydrogen-bond donors (Lipinski definition) is 1. The molecule has 1 N–H and O–H groups in total. The van der Waals surface area contributed by atoms with Gasteiger partial charge in [0.2, 0.25) is 0 Å². The SMILES string of the molecule is Cc1ccc([N+](=O)[O-])cc1-c1nc(C)c(C(C)O)s1. The van der Waals surface area contributed by atoms with Crippen LogP contribution in [0.2, 0.25) is 0 Å². The zero-order valence-corrected chi connectivity index (χ0v) is 11.7. The maximum Gasteiger partial charge on any atom is 0.270 e. The molecule has 100 valence electrons. The maximum atomic E-state index is 10.8. The molecular weight excluding hydrogens is 264 g/mol. The summed E-state index contributed by atoms with van der Waals surface area (Å²) < 4.78 is 0. The van der Waals surface area contributed by atoms with Crippen LogP contribution in [0.1, 0.15) is 29.2 Å². The Labute approximate surface area is 114 Å². The molecule has 1 aromatic carbocycles. The molecule has 6 heteroatoms. The van der Waals surface area contributed by atoms with Crippen LogP contribution in [0.3, 0.4) is 0 Å². The fraction of sp³-hybridized carbons (Fsp3) is 0.308. The van der Waals surface area contributed by atoms with Gasteiger partial charge in [0.15, 0.2) is 0 Å². The fourth-order valence-electron chi connectivity index (χ4n) is 1.86. The molecule has 5 nitrogen and oxygen atoms in total. The third kappa shape index (κ3) is 2.64. The van der Waals surface area contributed by atoms with Crippen LogP contribution < -0.4 is 0 Å². The maximum absolute atomic E-state index is 10.8. The van der Waals surface area contributed by atoms with Gasteiger partial charge < -0.3 is 5.11 Å². The molecule has 0 fully saturated rings. The van der Waals surface area contributed by atoms with Gasteiger partial charge >= 0.3 is 0 Å². The van der Waals surface area contributed by atoms with E-state index in [1.807, 2.05) is 13.8 Å². The lowest BCUT2D eigenvalue weighted by molar-refractivity contribution is -0.384. The first kappa shape index (κ1) is 13.6. The predicted molar refractivity (Wildman–Crippen MR) is 74.3 cm³/mol. The van der Waals surface area contributed by atoms with Crippen molar-refractivity contribution >= 4 is 17.0 Å². The predicted octanol–water partition coefficient (Wildman–Crippen LogP) is 3.39. The quantitative estimate of drug-likeness (QED) is 0.689. The molecule has 1 aromatic heterocycles. The van der Waals surface area contributed by atoms with Crippen LogP contribution in [0.4, 0.5) is 5.69 Å². The summed E-state index contributed by atoms with van der Waals surface area (Å²) in [6.45, 7) is 5.40. The molecule has 0 saturated carbocycles. The Bertz CT molecular complexity index is 635. The largest absolute Gasteiger partial charge is 0.388 e. The van der Waals surface area contributed by atoms with E-state index in [1.165, 1.54) is 23.5 Å². The summed E-state index contributed by atoms with van der Waals surface area (Å²) in [5, 5.41) is 21.2. The van der Waals surface area contributed by atoms with Crippen molar-refractivity contribution in [2.45, 2.75) is 26.9 Å². The highest BCUT2D eigenvalue weighted by molar-refractivity contribution is 7.15. The highest BCUT2D eigenvalue weighted by atomic mass is 32.1. The number of aliphatic hydroxyl groups is 1. The van der Waals surface area contributed by atoms with Crippen LogP contribution >= 0.6 is 11.3 Å². The second kappa shape index (κ2) is 5.07. The molecule has 1 unspecified atom stereocenters. The molecule has 0 spiro atoms. The third-order valence-electron chi connectivity index (χ3n) is 2.87. The minimum Gasteiger partial charge on any atom is -0.388 e. The summed E-state index contributed by atoms with van der Waals surface area (Å²) in [4.78, 5) is 15.6. The molecule has 2 aromatic rings. The first-order valence-electron chi connectivity index (χ1n) is 5.81. The number of benzene rings is 1. The van der Waals surface area contributed by atoms with Crippen LogP contribution in [0.5, 0.6) is 0 Å². The van der Waals surface area contributed by atoms with Gasteiger partial charge in [-0.25, -0.2) is 4.98 Å². The molecule has 0 aliphatic rings. The van der Waals surface area contributed by atoms with E-state index in [0.717, 1.165) is 21.7 Å². The lowest BCUT2D eigenvalue weighted by Crippen LogP contribution is -1.90. The highest BCUT2D eigenvalue weighted by Crippen LogP contribution is 2.34. The van der Waals surface area contributed by atoms with Gasteiger partial charge in [0, 0.05) is 17.7 Å². The summed E-state index contributed by atoms with van der Waals surface area (Å²) in [5.74, 6) is 0. The van der Waals surface area contributed by atoms with E-state index in [9.17, 15) is 15.2 Å². The second-order valence-corrected chi connectivity index (χ2v) is 5.43. The Morgan fingerprint density at radius 3 is 2.63 bits per heavy atom. The summed E-state index contributed by atoms with van der Waals surface area (Å²) in [6, 6.07) is 4.72. The van der Waals surface area contributed by atoms with Gasteiger partial charge in [0.1, 0.15) is 5.01 Å². The first-order chi connectivity index (χ1) is 8.90. The number of nitro benzene ring substituents is 1. The summed E-state index contributed by atoms with van der Waals surface area (Å²) >= 11 is 1.37. The lowest BCUT2D eigenvalue weighted by Gasteiger charge is -2.02. The van der Waals surface area contributed by atoms with Crippen LogP contribution in [0.15, 0.2) is 18.2 Å². The first-order valence-corrected chi connectivity index (χ1v) is 6.62. The minimum atomic E-state index is -0.578. The average Bonchev–Trinajstić information content (AvgIpc) is 2.71. The standard InChI is InChI=1S/C13H14N2O3S/c1-7-4-5-10(15(17)18)6-11(7)13-14-8(2)12(19-13)9(3)16/h4-6,9,16H,1-3H3. The van der Waals surface area contributed by atoms with Gasteiger partial charge in [-0.3, -0.25) is 10.1 Å². The Morgan fingerprint density at radius 2 is 2.11 bits per heavy atom. The van der Waals surface area contributed by atoms with Crippen molar-refractivity contribution in [2.24, 2.45) is 0 Å². The lowest BCUT2D eigenvalue weighted by atomic mass is 10.1. The molecule has 0 bridgehead atoms. The number of aromatic nitrogens is 1. The summed E-state index contributed by atoms with van der Waals surface area (Å²) in [6.07, 6.45) is -0.578. The van der Waals surface area contributed by atoms with E-state index in [4.69, 9.17) is 0 Å². The molecular formula is C13H14N2O3S. The molecule has 0 radical (unpaired) electrons. The molecule has 1 atom stereocenters. The van der Waals surface area contributed by atoms with Gasteiger partial charge in [-0.2, -0.15) is 0 Å². The van der Waals surface area contributed by atoms with Gasteiger partial charge in [0.05, 0.1) is 21.6 Å². The minimum absolute atomic E-state index is 0.0482. The smallest absolute Gasteiger partial charge is 0.270 e. The van der Waals surface area contributed by atoms with Gasteiger partial charge in [0.25, 0.3) is 5.69 Å². The number of hydrogen-bond acceptors (Lipinski definition) is 5. The highest BCUT2D eigenvalue weighted by Gasteiger charge is 2.17. The van der Waals surface area contributed by atoms with E-state index >= 15 is 0 Å². The summed E-state index contributed by atoms with van der Waals surface area (Å²) in [5.41, 5.74) is 2.48. The Kier molecular flexibility index (Phi) is 3.64. The van der Waals surface area contributed by atoms with E-state index in [1.54, 1.807) is 13.0 Å². The van der Waals surface area contributed by atoms with Crippen molar-refractivity contribution in [3.8, 4) is 10.6 Å². The van der Waals surface area contributed by atoms with Crippen LogP contribution in [-0.4, -0.2) is 15.0 Å². The van der Waals surface area contributed by atoms with Crippen molar-refractivity contribution in [1.29, 1.82) is 0 Å². The monoisotopic (exact) mass is 278 g/mol. The number of thiazole rings is 1. The van der Waals surface area contributed by atoms with Crippen molar-refractivity contribution in [1.82, 2.24) is 4.98 Å². The van der Waals surface area contributed by atoms with Crippen LogP contribution in [0, 0.1) is 24.0 Å². The fourth-order valence-corrected chi connectivity index (χ4v) is 2.95. The van der Waals surface area contributed by atoms with Crippen LogP contribution in [-0.2, 0) is 0 Å². The van der Waals surface area contributed by atoms with Crippen LogP contribution in [0.25, 0.3) is 10.6 Å². The number of aliphatic hydroxyl groups excluding tert-OH is 1. The number of non-ortho nitro benzene ring substituents is 1. The molecule has 2 rings (SSSR count). The molecule has 0 aliphatic carbocycles. The normalized spacial score (nSPS) is 12.4. The van der Waals surface area contributed by atoms with Crippen molar-refractivity contribution < 1.29 is 10.0 Å². The second-order valence-electron chi connectivity index (χ2n) is 4.40. The van der Waals surface area contributed by atoms with E-state index in [-0.39, 0.29) is 5.69 Å². The molecule has 19 heavy (non-hydrogen) atoms. The van der Waals surface area contributed by atoms with Gasteiger partial charge in [-0.15, -0.1) is 11.3 Å². The van der Waals surface area contributed by atoms with Crippen molar-refractivity contribution in [2.75, 3.05) is 0 Å². The molecule has 0 aliphatic heterocycles. The Morgan fingerprint density at radius 1 is 1.42 bits per heavy atom. The molecule has 0 saturated heterocycles. The zero-order chi connectivity index (χ0) is 14.2. The topological polar surface area (TPSA) is 76.3 Å². The average molecular weight is 278 g/mol. The Balaban J connectivity index is 2.55. The third-order valence-corrected chi connectivity index (χ3v) is 4.24. The van der Waals surface area contributed by atoms with Crippen molar-refractivity contribution in [3.63, 3.8) is 0 Å². The van der Waals surface area contributed by atoms with Gasteiger partial charge in [-0.05, 0) is 26.3 Å².